The van der Waals surface area contributed by atoms with Gasteiger partial charge in [0.2, 0.25) is 0 Å². The standard InChI is InChI=1S/C18H23N3O4/c1-12-15(20-17(23)19-12)16(22)21-9-14(25-18(2,3)11-21)10-24-13-7-5-4-6-8-13/h4-8,14H,9-11H2,1-3H3,(H2,19,20,23)/t14-/m0/s1. The third-order valence-corrected chi connectivity index (χ3v) is 4.08. The summed E-state index contributed by atoms with van der Waals surface area (Å²) in [7, 11) is 0. The molecule has 1 aliphatic heterocycles. The van der Waals surface area contributed by atoms with Crippen molar-refractivity contribution in [3.8, 4) is 5.75 Å². The monoisotopic (exact) mass is 345 g/mol. The van der Waals surface area contributed by atoms with E-state index in [1.165, 1.54) is 0 Å². The molecule has 0 radical (unpaired) electrons. The summed E-state index contributed by atoms with van der Waals surface area (Å²) in [5.41, 5.74) is -0.0394. The second kappa shape index (κ2) is 6.76. The van der Waals surface area contributed by atoms with Crippen molar-refractivity contribution in [2.75, 3.05) is 19.7 Å². The number of morpholine rings is 1. The molecule has 1 aromatic carbocycles. The number of aromatic nitrogens is 2. The first-order valence-corrected chi connectivity index (χ1v) is 8.28. The van der Waals surface area contributed by atoms with E-state index >= 15 is 0 Å². The van der Waals surface area contributed by atoms with Crippen molar-refractivity contribution in [2.24, 2.45) is 0 Å². The summed E-state index contributed by atoms with van der Waals surface area (Å²) in [6.07, 6.45) is -0.251. The number of para-hydroxylation sites is 1. The van der Waals surface area contributed by atoms with Gasteiger partial charge in [-0.05, 0) is 32.9 Å². The maximum atomic E-state index is 12.8. The molecule has 1 atom stereocenters. The Labute approximate surface area is 146 Å². The highest BCUT2D eigenvalue weighted by Crippen LogP contribution is 2.23. The van der Waals surface area contributed by atoms with Gasteiger partial charge < -0.3 is 24.3 Å². The lowest BCUT2D eigenvalue weighted by atomic mass is 10.0. The van der Waals surface area contributed by atoms with Gasteiger partial charge in [-0.15, -0.1) is 0 Å². The maximum Gasteiger partial charge on any atom is 0.323 e. The summed E-state index contributed by atoms with van der Waals surface area (Å²) in [5.74, 6) is 0.551. The van der Waals surface area contributed by atoms with Gasteiger partial charge in [0, 0.05) is 12.2 Å². The van der Waals surface area contributed by atoms with Crippen LogP contribution < -0.4 is 10.4 Å². The third kappa shape index (κ3) is 4.11. The summed E-state index contributed by atoms with van der Waals surface area (Å²) in [5, 5.41) is 0. The molecule has 3 rings (SSSR count). The first-order valence-electron chi connectivity index (χ1n) is 8.28. The molecule has 7 nitrogen and oxygen atoms in total. The van der Waals surface area contributed by atoms with Crippen LogP contribution >= 0.6 is 0 Å². The Morgan fingerprint density at radius 2 is 2.04 bits per heavy atom. The van der Waals surface area contributed by atoms with Crippen molar-refractivity contribution < 1.29 is 14.3 Å². The smallest absolute Gasteiger partial charge is 0.323 e. The van der Waals surface area contributed by atoms with Crippen LogP contribution in [-0.2, 0) is 4.74 Å². The van der Waals surface area contributed by atoms with E-state index in [1.54, 1.807) is 11.8 Å². The highest BCUT2D eigenvalue weighted by Gasteiger charge is 2.37. The molecule has 2 N–H and O–H groups in total. The van der Waals surface area contributed by atoms with E-state index in [1.807, 2.05) is 44.2 Å². The minimum Gasteiger partial charge on any atom is -0.491 e. The molecule has 0 aliphatic carbocycles. The summed E-state index contributed by atoms with van der Waals surface area (Å²) >= 11 is 0. The second-order valence-electron chi connectivity index (χ2n) is 6.89. The number of benzene rings is 1. The fraction of sp³-hybridized carbons (Fsp3) is 0.444. The summed E-state index contributed by atoms with van der Waals surface area (Å²) in [6.45, 7) is 6.78. The highest BCUT2D eigenvalue weighted by atomic mass is 16.5. The van der Waals surface area contributed by atoms with E-state index in [4.69, 9.17) is 9.47 Å². The largest absolute Gasteiger partial charge is 0.491 e. The zero-order valence-corrected chi connectivity index (χ0v) is 14.7. The summed E-state index contributed by atoms with van der Waals surface area (Å²) < 4.78 is 11.8. The topological polar surface area (TPSA) is 87.4 Å². The summed E-state index contributed by atoms with van der Waals surface area (Å²) in [6, 6.07) is 9.49. The van der Waals surface area contributed by atoms with Gasteiger partial charge in [0.05, 0.1) is 12.1 Å². The zero-order chi connectivity index (χ0) is 18.0. The van der Waals surface area contributed by atoms with Crippen molar-refractivity contribution in [1.29, 1.82) is 0 Å². The normalized spacial score (nSPS) is 19.6. The quantitative estimate of drug-likeness (QED) is 0.883. The molecular formula is C18H23N3O4. The second-order valence-corrected chi connectivity index (χ2v) is 6.89. The molecule has 2 heterocycles. The molecule has 0 spiro atoms. The van der Waals surface area contributed by atoms with Crippen molar-refractivity contribution in [1.82, 2.24) is 14.9 Å². The fourth-order valence-corrected chi connectivity index (χ4v) is 3.09. The van der Waals surface area contributed by atoms with Gasteiger partial charge in [0.15, 0.2) is 0 Å². The Morgan fingerprint density at radius 1 is 1.32 bits per heavy atom. The maximum absolute atomic E-state index is 12.8. The Morgan fingerprint density at radius 3 is 2.68 bits per heavy atom. The number of ether oxygens (including phenoxy) is 2. The van der Waals surface area contributed by atoms with Gasteiger partial charge in [-0.25, -0.2) is 4.79 Å². The van der Waals surface area contributed by atoms with Crippen LogP contribution in [-0.4, -0.2) is 52.2 Å². The van der Waals surface area contributed by atoms with Crippen LogP contribution in [0.2, 0.25) is 0 Å². The minimum absolute atomic E-state index is 0.211. The van der Waals surface area contributed by atoms with Gasteiger partial charge >= 0.3 is 5.69 Å². The zero-order valence-electron chi connectivity index (χ0n) is 14.7. The lowest BCUT2D eigenvalue weighted by molar-refractivity contribution is -0.136. The molecule has 7 heteroatoms. The van der Waals surface area contributed by atoms with E-state index in [-0.39, 0.29) is 17.7 Å². The number of carbonyl (C=O) groups is 1. The van der Waals surface area contributed by atoms with Gasteiger partial charge in [0.1, 0.15) is 24.2 Å². The van der Waals surface area contributed by atoms with E-state index in [0.29, 0.717) is 31.1 Å². The minimum atomic E-state index is -0.497. The summed E-state index contributed by atoms with van der Waals surface area (Å²) in [4.78, 5) is 31.1. The molecule has 0 unspecified atom stereocenters. The number of aromatic amines is 2. The van der Waals surface area contributed by atoms with Gasteiger partial charge in [-0.1, -0.05) is 18.2 Å². The van der Waals surface area contributed by atoms with E-state index in [0.717, 1.165) is 5.75 Å². The van der Waals surface area contributed by atoms with Crippen LogP contribution in [0, 0.1) is 6.92 Å². The van der Waals surface area contributed by atoms with Gasteiger partial charge in [-0.2, -0.15) is 0 Å². The van der Waals surface area contributed by atoms with Gasteiger partial charge in [0.25, 0.3) is 5.91 Å². The molecule has 25 heavy (non-hydrogen) atoms. The van der Waals surface area contributed by atoms with Crippen LogP contribution in [0.1, 0.15) is 30.0 Å². The number of rotatable bonds is 4. The van der Waals surface area contributed by atoms with E-state index in [2.05, 4.69) is 9.97 Å². The molecular weight excluding hydrogens is 322 g/mol. The predicted octanol–water partition coefficient (Wildman–Crippen LogP) is 1.71. The van der Waals surface area contributed by atoms with Crippen LogP contribution in [0.25, 0.3) is 0 Å². The number of carbonyl (C=O) groups excluding carboxylic acids is 1. The van der Waals surface area contributed by atoms with Crippen molar-refractivity contribution >= 4 is 5.91 Å². The molecule has 1 aliphatic rings. The van der Waals surface area contributed by atoms with Crippen LogP contribution in [0.5, 0.6) is 5.75 Å². The van der Waals surface area contributed by atoms with E-state index in [9.17, 15) is 9.59 Å². The number of amides is 1. The number of H-pyrrole nitrogens is 2. The Bertz CT molecular complexity index is 794. The Balaban J connectivity index is 1.71. The lowest BCUT2D eigenvalue weighted by Crippen LogP contribution is -2.56. The van der Waals surface area contributed by atoms with Gasteiger partial charge in [-0.3, -0.25) is 4.79 Å². The number of hydrogen-bond acceptors (Lipinski definition) is 4. The van der Waals surface area contributed by atoms with Crippen molar-refractivity contribution in [2.45, 2.75) is 32.5 Å². The van der Waals surface area contributed by atoms with Crippen LogP contribution in [0.3, 0.4) is 0 Å². The van der Waals surface area contributed by atoms with Crippen LogP contribution in [0.15, 0.2) is 35.1 Å². The number of nitrogens with zero attached hydrogens (tertiary/aromatic N) is 1. The predicted molar refractivity (Wildman–Crippen MR) is 92.9 cm³/mol. The Kier molecular flexibility index (Phi) is 4.67. The average molecular weight is 345 g/mol. The lowest BCUT2D eigenvalue weighted by Gasteiger charge is -2.42. The Hall–Kier alpha value is -2.54. The highest BCUT2D eigenvalue weighted by molar-refractivity contribution is 5.93. The number of nitrogens with one attached hydrogen (secondary N) is 2. The number of aryl methyl sites for hydroxylation is 1. The van der Waals surface area contributed by atoms with E-state index < -0.39 is 5.60 Å². The molecule has 2 aromatic rings. The van der Waals surface area contributed by atoms with Crippen LogP contribution in [0.4, 0.5) is 0 Å². The first kappa shape index (κ1) is 17.3. The third-order valence-electron chi connectivity index (χ3n) is 4.08. The number of hydrogen-bond donors (Lipinski definition) is 2. The fourth-order valence-electron chi connectivity index (χ4n) is 3.09. The van der Waals surface area contributed by atoms with Crippen molar-refractivity contribution in [3.05, 3.63) is 52.2 Å². The molecule has 0 bridgehead atoms. The SMILES string of the molecule is Cc1[nH]c(=O)[nH]c1C(=O)N1C[C@@H](COc2ccccc2)OC(C)(C)C1. The molecule has 1 fully saturated rings. The first-order chi connectivity index (χ1) is 11.8. The average Bonchev–Trinajstić information content (AvgIpc) is 2.90. The molecule has 134 valence electrons. The molecule has 1 aromatic heterocycles. The number of imidazole rings is 1. The molecule has 1 amide bonds. The molecule has 0 saturated carbocycles. The molecule has 1 saturated heterocycles. The van der Waals surface area contributed by atoms with Crippen molar-refractivity contribution in [3.63, 3.8) is 0 Å².